The van der Waals surface area contributed by atoms with Crippen LogP contribution in [0.3, 0.4) is 0 Å². The molecule has 1 amide bonds. The van der Waals surface area contributed by atoms with Crippen molar-refractivity contribution in [1.82, 2.24) is 4.98 Å². The second-order valence-corrected chi connectivity index (χ2v) is 6.15. The van der Waals surface area contributed by atoms with Crippen LogP contribution in [0.1, 0.15) is 5.56 Å². The quantitative estimate of drug-likeness (QED) is 0.622. The molecule has 1 aromatic carbocycles. The molecule has 0 bridgehead atoms. The molecule has 0 saturated carbocycles. The average Bonchev–Trinajstić information content (AvgIpc) is 2.67. The zero-order valence-corrected chi connectivity index (χ0v) is 15.0. The van der Waals surface area contributed by atoms with Gasteiger partial charge in [-0.3, -0.25) is 4.79 Å². The number of amides is 1. The summed E-state index contributed by atoms with van der Waals surface area (Å²) in [7, 11) is 0. The van der Waals surface area contributed by atoms with Crippen molar-refractivity contribution >= 4 is 29.0 Å². The Kier molecular flexibility index (Phi) is 6.09. The molecule has 0 spiro atoms. The summed E-state index contributed by atoms with van der Waals surface area (Å²) < 4.78 is 11.2. The monoisotopic (exact) mass is 373 g/mol. The number of aromatic nitrogens is 1. The number of nitrogens with zero attached hydrogens (tertiary/aromatic N) is 2. The van der Waals surface area contributed by atoms with Gasteiger partial charge >= 0.3 is 0 Å². The van der Waals surface area contributed by atoms with Crippen molar-refractivity contribution in [3.05, 3.63) is 59.8 Å². The first-order chi connectivity index (χ1) is 12.6. The first-order valence-corrected chi connectivity index (χ1v) is 8.67. The van der Waals surface area contributed by atoms with Crippen LogP contribution < -0.4 is 15.0 Å². The van der Waals surface area contributed by atoms with E-state index < -0.39 is 0 Å². The molecule has 1 aromatic heterocycles. The summed E-state index contributed by atoms with van der Waals surface area (Å²) in [6.45, 7) is 6.77. The standard InChI is InChI=1S/C19H20ClN3O3/c1-2-19(24)21-15-3-5-16(6-4-15)26-13-14-11-17(20)22-18(12-14)23-7-9-25-10-8-23/h2-6,11-12H,1,7-10,13H2,(H,21,24). The zero-order valence-electron chi connectivity index (χ0n) is 14.3. The van der Waals surface area contributed by atoms with Gasteiger partial charge in [0.2, 0.25) is 5.91 Å². The van der Waals surface area contributed by atoms with Crippen LogP contribution in [0.2, 0.25) is 5.15 Å². The van der Waals surface area contributed by atoms with Crippen LogP contribution in [0.15, 0.2) is 49.1 Å². The Morgan fingerprint density at radius 1 is 1.31 bits per heavy atom. The molecule has 1 aliphatic heterocycles. The minimum atomic E-state index is -0.249. The molecule has 0 aliphatic carbocycles. The van der Waals surface area contributed by atoms with E-state index in [0.29, 0.717) is 36.4 Å². The Balaban J connectivity index is 1.63. The van der Waals surface area contributed by atoms with Crippen molar-refractivity contribution in [2.45, 2.75) is 6.61 Å². The van der Waals surface area contributed by atoms with Crippen molar-refractivity contribution in [2.24, 2.45) is 0 Å². The van der Waals surface area contributed by atoms with Crippen LogP contribution in [0.5, 0.6) is 5.75 Å². The van der Waals surface area contributed by atoms with Gasteiger partial charge in [0, 0.05) is 18.8 Å². The molecule has 0 atom stereocenters. The smallest absolute Gasteiger partial charge is 0.247 e. The molecule has 3 rings (SSSR count). The second-order valence-electron chi connectivity index (χ2n) is 5.76. The topological polar surface area (TPSA) is 63.7 Å². The summed E-state index contributed by atoms with van der Waals surface area (Å²) in [4.78, 5) is 17.8. The number of benzene rings is 1. The molecule has 1 fully saturated rings. The molecule has 26 heavy (non-hydrogen) atoms. The number of nitrogens with one attached hydrogen (secondary N) is 1. The highest BCUT2D eigenvalue weighted by molar-refractivity contribution is 6.29. The number of anilines is 2. The fourth-order valence-electron chi connectivity index (χ4n) is 2.57. The van der Waals surface area contributed by atoms with E-state index in [1.165, 1.54) is 6.08 Å². The summed E-state index contributed by atoms with van der Waals surface area (Å²) in [5.41, 5.74) is 1.62. The predicted octanol–water partition coefficient (Wildman–Crippen LogP) is 3.28. The van der Waals surface area contributed by atoms with E-state index >= 15 is 0 Å². The van der Waals surface area contributed by atoms with Gasteiger partial charge in [-0.25, -0.2) is 4.98 Å². The lowest BCUT2D eigenvalue weighted by Crippen LogP contribution is -2.36. The first-order valence-electron chi connectivity index (χ1n) is 8.29. The predicted molar refractivity (Wildman–Crippen MR) is 102 cm³/mol. The largest absolute Gasteiger partial charge is 0.489 e. The maximum atomic E-state index is 11.3. The van der Waals surface area contributed by atoms with E-state index in [9.17, 15) is 4.79 Å². The first kappa shape index (κ1) is 18.2. The minimum absolute atomic E-state index is 0.249. The van der Waals surface area contributed by atoms with Crippen molar-refractivity contribution in [3.63, 3.8) is 0 Å². The number of ether oxygens (including phenoxy) is 2. The number of pyridine rings is 1. The number of rotatable bonds is 6. The van der Waals surface area contributed by atoms with Gasteiger partial charge in [-0.1, -0.05) is 18.2 Å². The molecular formula is C19H20ClN3O3. The summed E-state index contributed by atoms with van der Waals surface area (Å²) in [5, 5.41) is 3.13. The fraction of sp³-hybridized carbons (Fsp3) is 0.263. The third kappa shape index (κ3) is 4.97. The van der Waals surface area contributed by atoms with Crippen molar-refractivity contribution < 1.29 is 14.3 Å². The van der Waals surface area contributed by atoms with Crippen LogP contribution >= 0.6 is 11.6 Å². The maximum absolute atomic E-state index is 11.3. The number of halogens is 1. The van der Waals surface area contributed by atoms with Crippen molar-refractivity contribution in [2.75, 3.05) is 36.5 Å². The fourth-order valence-corrected chi connectivity index (χ4v) is 2.79. The number of morpholine rings is 1. The minimum Gasteiger partial charge on any atom is -0.489 e. The van der Waals surface area contributed by atoms with Crippen LogP contribution in [-0.4, -0.2) is 37.2 Å². The Labute approximate surface area is 157 Å². The van der Waals surface area contributed by atoms with Gasteiger partial charge in [0.25, 0.3) is 0 Å². The number of hydrogen-bond donors (Lipinski definition) is 1. The summed E-state index contributed by atoms with van der Waals surface area (Å²) >= 11 is 6.16. The Morgan fingerprint density at radius 2 is 2.04 bits per heavy atom. The Hall–Kier alpha value is -2.57. The molecule has 6 nitrogen and oxygen atoms in total. The molecule has 1 N–H and O–H groups in total. The lowest BCUT2D eigenvalue weighted by atomic mass is 10.2. The van der Waals surface area contributed by atoms with E-state index in [2.05, 4.69) is 21.8 Å². The summed E-state index contributed by atoms with van der Waals surface area (Å²) in [6, 6.07) is 10.9. The molecule has 1 aliphatic rings. The van der Waals surface area contributed by atoms with Crippen molar-refractivity contribution in [3.8, 4) is 5.75 Å². The molecule has 2 aromatic rings. The highest BCUT2D eigenvalue weighted by atomic mass is 35.5. The highest BCUT2D eigenvalue weighted by Gasteiger charge is 2.14. The molecule has 7 heteroatoms. The molecule has 2 heterocycles. The lowest BCUT2D eigenvalue weighted by Gasteiger charge is -2.28. The maximum Gasteiger partial charge on any atom is 0.247 e. The van der Waals surface area contributed by atoms with Gasteiger partial charge in [0.1, 0.15) is 23.3 Å². The summed E-state index contributed by atoms with van der Waals surface area (Å²) in [5.74, 6) is 1.28. The van der Waals surface area contributed by atoms with Crippen molar-refractivity contribution in [1.29, 1.82) is 0 Å². The van der Waals surface area contributed by atoms with Crippen LogP contribution in [0.4, 0.5) is 11.5 Å². The van der Waals surface area contributed by atoms with E-state index in [1.807, 2.05) is 6.07 Å². The number of hydrogen-bond acceptors (Lipinski definition) is 5. The SMILES string of the molecule is C=CC(=O)Nc1ccc(OCc2cc(Cl)nc(N3CCOCC3)c2)cc1. The van der Waals surface area contributed by atoms with E-state index in [1.54, 1.807) is 30.3 Å². The van der Waals surface area contributed by atoms with Gasteiger partial charge in [0.15, 0.2) is 0 Å². The highest BCUT2D eigenvalue weighted by Crippen LogP contribution is 2.22. The van der Waals surface area contributed by atoms with Gasteiger partial charge in [0.05, 0.1) is 13.2 Å². The van der Waals surface area contributed by atoms with Gasteiger partial charge in [-0.2, -0.15) is 0 Å². The average molecular weight is 374 g/mol. The van der Waals surface area contributed by atoms with Crippen LogP contribution in [-0.2, 0) is 16.1 Å². The number of carbonyl (C=O) groups excluding carboxylic acids is 1. The molecule has 136 valence electrons. The second kappa shape index (κ2) is 8.69. The van der Waals surface area contributed by atoms with Gasteiger partial charge in [-0.05, 0) is 48.0 Å². The van der Waals surface area contributed by atoms with Gasteiger partial charge in [-0.15, -0.1) is 0 Å². The van der Waals surface area contributed by atoms with E-state index in [0.717, 1.165) is 24.5 Å². The molecular weight excluding hydrogens is 354 g/mol. The normalized spacial score (nSPS) is 14.0. The molecule has 1 saturated heterocycles. The molecule has 0 unspecified atom stereocenters. The van der Waals surface area contributed by atoms with Crippen LogP contribution in [0.25, 0.3) is 0 Å². The van der Waals surface area contributed by atoms with E-state index in [-0.39, 0.29) is 5.91 Å². The Bertz CT molecular complexity index is 774. The third-order valence-corrected chi connectivity index (χ3v) is 4.08. The Morgan fingerprint density at radius 3 is 2.73 bits per heavy atom. The third-order valence-electron chi connectivity index (χ3n) is 3.89. The number of carbonyl (C=O) groups is 1. The lowest BCUT2D eigenvalue weighted by molar-refractivity contribution is -0.111. The zero-order chi connectivity index (χ0) is 18.4. The van der Waals surface area contributed by atoms with Crippen LogP contribution in [0, 0.1) is 0 Å². The summed E-state index contributed by atoms with van der Waals surface area (Å²) in [6.07, 6.45) is 1.23. The van der Waals surface area contributed by atoms with Gasteiger partial charge < -0.3 is 19.7 Å². The molecule has 0 radical (unpaired) electrons. The van der Waals surface area contributed by atoms with E-state index in [4.69, 9.17) is 21.1 Å².